The zero-order valence-electron chi connectivity index (χ0n) is 17.2. The number of anilines is 1. The molecule has 33 heavy (non-hydrogen) atoms. The molecule has 162 valence electrons. The van der Waals surface area contributed by atoms with Gasteiger partial charge in [0.05, 0.1) is 17.6 Å². The monoisotopic (exact) mass is 489 g/mol. The second kappa shape index (κ2) is 9.58. The van der Waals surface area contributed by atoms with Crippen LogP contribution >= 0.6 is 34.5 Å². The molecule has 0 amide bonds. The quantitative estimate of drug-likeness (QED) is 0.199. The van der Waals surface area contributed by atoms with Crippen LogP contribution in [-0.2, 0) is 0 Å². The molecule has 5 aromatic rings. The van der Waals surface area contributed by atoms with E-state index in [0.29, 0.717) is 15.2 Å². The predicted molar refractivity (Wildman–Crippen MR) is 138 cm³/mol. The second-order valence-electron chi connectivity index (χ2n) is 7.13. The summed E-state index contributed by atoms with van der Waals surface area (Å²) in [5.74, 6) is 0. The van der Waals surface area contributed by atoms with E-state index in [0.717, 1.165) is 33.8 Å². The largest absolute Gasteiger partial charge is 0.253 e. The minimum absolute atomic E-state index is 0.679. The first kappa shape index (κ1) is 21.4. The molecule has 0 atom stereocenters. The molecule has 0 aliphatic rings. The maximum Gasteiger partial charge on any atom is 0.203 e. The van der Waals surface area contributed by atoms with E-state index in [1.165, 1.54) is 11.3 Å². The van der Waals surface area contributed by atoms with Crippen molar-refractivity contribution in [3.63, 3.8) is 0 Å². The molecule has 1 N–H and O–H groups in total. The number of hydrazone groups is 1. The number of halogens is 2. The van der Waals surface area contributed by atoms with Gasteiger partial charge in [-0.05, 0) is 36.4 Å². The summed E-state index contributed by atoms with van der Waals surface area (Å²) in [7, 11) is 0. The van der Waals surface area contributed by atoms with Gasteiger partial charge in [-0.15, -0.1) is 11.3 Å². The Balaban J connectivity index is 1.41. The summed E-state index contributed by atoms with van der Waals surface area (Å²) in [6.45, 7) is 0. The fraction of sp³-hybridized carbons (Fsp3) is 0. The average molecular weight is 490 g/mol. The molecular weight excluding hydrogens is 473 g/mol. The minimum atomic E-state index is 0.679. The number of nitrogens with zero attached hydrogens (tertiary/aromatic N) is 4. The molecule has 0 unspecified atom stereocenters. The molecule has 0 saturated carbocycles. The Morgan fingerprint density at radius 2 is 1.52 bits per heavy atom. The molecule has 0 spiro atoms. The number of aromatic nitrogens is 3. The molecule has 2 aromatic heterocycles. The third-order valence-corrected chi connectivity index (χ3v) is 6.14. The van der Waals surface area contributed by atoms with Crippen molar-refractivity contribution in [2.75, 3.05) is 5.43 Å². The molecular formula is C25H17Cl2N5S. The van der Waals surface area contributed by atoms with Crippen LogP contribution in [0.5, 0.6) is 0 Å². The van der Waals surface area contributed by atoms with Gasteiger partial charge in [-0.1, -0.05) is 65.7 Å². The van der Waals surface area contributed by atoms with Crippen LogP contribution in [0, 0.1) is 0 Å². The smallest absolute Gasteiger partial charge is 0.203 e. The second-order valence-corrected chi connectivity index (χ2v) is 8.87. The van der Waals surface area contributed by atoms with E-state index in [9.17, 15) is 0 Å². The first-order valence-corrected chi connectivity index (χ1v) is 11.7. The summed E-state index contributed by atoms with van der Waals surface area (Å²) in [6, 6.07) is 25.1. The van der Waals surface area contributed by atoms with Crippen molar-refractivity contribution < 1.29 is 0 Å². The van der Waals surface area contributed by atoms with Gasteiger partial charge in [0.25, 0.3) is 0 Å². The number of rotatable bonds is 6. The van der Waals surface area contributed by atoms with Crippen molar-refractivity contribution >= 4 is 45.9 Å². The molecule has 0 radical (unpaired) electrons. The van der Waals surface area contributed by atoms with Crippen molar-refractivity contribution in [3.8, 4) is 28.2 Å². The summed E-state index contributed by atoms with van der Waals surface area (Å²) in [4.78, 5) is 4.60. The van der Waals surface area contributed by atoms with Gasteiger partial charge in [0.15, 0.2) is 0 Å². The fourth-order valence-electron chi connectivity index (χ4n) is 3.26. The van der Waals surface area contributed by atoms with Crippen molar-refractivity contribution in [2.24, 2.45) is 5.10 Å². The molecule has 0 fully saturated rings. The Hall–Kier alpha value is -3.45. The zero-order valence-corrected chi connectivity index (χ0v) is 19.5. The fourth-order valence-corrected chi connectivity index (χ4v) is 4.18. The van der Waals surface area contributed by atoms with Crippen LogP contribution in [0.3, 0.4) is 0 Å². The maximum atomic E-state index is 6.07. The van der Waals surface area contributed by atoms with E-state index in [4.69, 9.17) is 28.3 Å². The first-order valence-electron chi connectivity index (χ1n) is 10.1. The van der Waals surface area contributed by atoms with Gasteiger partial charge in [0.2, 0.25) is 5.13 Å². The standard InChI is InChI=1S/C25H17Cl2N5S/c26-20-10-6-17(7-11-20)23-16-33-25(29-23)30-28-14-19-15-32(22-4-2-1-3-5-22)31-24(19)18-8-12-21(27)13-9-18/h1-16H,(H,29,30)/b28-14-. The van der Waals surface area contributed by atoms with Gasteiger partial charge in [0.1, 0.15) is 5.69 Å². The van der Waals surface area contributed by atoms with Gasteiger partial charge in [-0.2, -0.15) is 10.2 Å². The van der Waals surface area contributed by atoms with Crippen LogP contribution in [-0.4, -0.2) is 21.0 Å². The summed E-state index contributed by atoms with van der Waals surface area (Å²) in [6.07, 6.45) is 3.70. The molecule has 3 aromatic carbocycles. The van der Waals surface area contributed by atoms with Crippen molar-refractivity contribution in [1.82, 2.24) is 14.8 Å². The first-order chi connectivity index (χ1) is 16.2. The van der Waals surface area contributed by atoms with Gasteiger partial charge in [-0.25, -0.2) is 9.67 Å². The number of hydrogen-bond acceptors (Lipinski definition) is 5. The number of benzene rings is 3. The lowest BCUT2D eigenvalue weighted by Crippen LogP contribution is -1.93. The highest BCUT2D eigenvalue weighted by Gasteiger charge is 2.11. The molecule has 2 heterocycles. The zero-order chi connectivity index (χ0) is 22.6. The van der Waals surface area contributed by atoms with E-state index < -0.39 is 0 Å². The number of hydrogen-bond donors (Lipinski definition) is 1. The highest BCUT2D eigenvalue weighted by molar-refractivity contribution is 7.14. The molecule has 0 saturated heterocycles. The van der Waals surface area contributed by atoms with Crippen LogP contribution in [0.1, 0.15) is 5.56 Å². The Morgan fingerprint density at radius 3 is 2.21 bits per heavy atom. The molecule has 0 aliphatic heterocycles. The Bertz CT molecular complexity index is 1390. The van der Waals surface area contributed by atoms with E-state index in [1.54, 1.807) is 6.21 Å². The highest BCUT2D eigenvalue weighted by Crippen LogP contribution is 2.27. The number of thiazole rings is 1. The van der Waals surface area contributed by atoms with E-state index in [2.05, 4.69) is 15.5 Å². The van der Waals surface area contributed by atoms with Crippen LogP contribution in [0.4, 0.5) is 5.13 Å². The van der Waals surface area contributed by atoms with Crippen molar-refractivity contribution in [3.05, 3.63) is 106 Å². The van der Waals surface area contributed by atoms with Crippen molar-refractivity contribution in [2.45, 2.75) is 0 Å². The van der Waals surface area contributed by atoms with E-state index in [-0.39, 0.29) is 0 Å². The van der Waals surface area contributed by atoms with Crippen LogP contribution in [0.15, 0.2) is 95.5 Å². The summed E-state index contributed by atoms with van der Waals surface area (Å²) in [5.41, 5.74) is 8.49. The van der Waals surface area contributed by atoms with Crippen LogP contribution < -0.4 is 5.43 Å². The van der Waals surface area contributed by atoms with Gasteiger partial charge in [-0.3, -0.25) is 5.43 Å². The number of para-hydroxylation sites is 1. The molecule has 5 nitrogen and oxygen atoms in total. The SMILES string of the molecule is Clc1ccc(-c2csc(N/N=C\c3cn(-c4ccccc4)nc3-c3ccc(Cl)cc3)n2)cc1. The Morgan fingerprint density at radius 1 is 0.848 bits per heavy atom. The summed E-state index contributed by atoms with van der Waals surface area (Å²) in [5, 5.41) is 13.3. The van der Waals surface area contributed by atoms with Gasteiger partial charge in [0, 0.05) is 38.3 Å². The van der Waals surface area contributed by atoms with Crippen LogP contribution in [0.25, 0.3) is 28.2 Å². The van der Waals surface area contributed by atoms with Crippen LogP contribution in [0.2, 0.25) is 10.0 Å². The molecule has 5 rings (SSSR count). The van der Waals surface area contributed by atoms with Crippen molar-refractivity contribution in [1.29, 1.82) is 0 Å². The average Bonchev–Trinajstić information content (AvgIpc) is 3.49. The molecule has 0 aliphatic carbocycles. The third-order valence-electron chi connectivity index (χ3n) is 4.89. The number of nitrogens with one attached hydrogen (secondary N) is 1. The Kier molecular flexibility index (Phi) is 6.21. The van der Waals surface area contributed by atoms with E-state index in [1.807, 2.05) is 95.1 Å². The predicted octanol–water partition coefficient (Wildman–Crippen LogP) is 7.42. The van der Waals surface area contributed by atoms with Gasteiger partial charge >= 0.3 is 0 Å². The summed E-state index contributed by atoms with van der Waals surface area (Å²) < 4.78 is 1.84. The lowest BCUT2D eigenvalue weighted by atomic mass is 10.1. The minimum Gasteiger partial charge on any atom is -0.253 e. The maximum absolute atomic E-state index is 6.07. The summed E-state index contributed by atoms with van der Waals surface area (Å²) >= 11 is 13.5. The molecule has 0 bridgehead atoms. The molecule has 8 heteroatoms. The normalized spacial score (nSPS) is 11.2. The lowest BCUT2D eigenvalue weighted by Gasteiger charge is -2.00. The van der Waals surface area contributed by atoms with Gasteiger partial charge < -0.3 is 0 Å². The highest BCUT2D eigenvalue weighted by atomic mass is 35.5. The topological polar surface area (TPSA) is 55.1 Å². The van der Waals surface area contributed by atoms with E-state index >= 15 is 0 Å². The third kappa shape index (κ3) is 4.98. The Labute approximate surface area is 205 Å². The lowest BCUT2D eigenvalue weighted by molar-refractivity contribution is 0.884.